The fraction of sp³-hybridized carbons (Fsp3) is 0.125. The number of nitrogens with zero attached hydrogens (tertiary/aromatic N) is 3. The molecule has 0 aliphatic rings. The van der Waals surface area contributed by atoms with Crippen LogP contribution in [0.25, 0.3) is 11.0 Å². The standard InChI is InChI=1S/C8H7ClN4/c1-4-12-7(10)6-5(9)2-3-11-8(6)13-4/h2-3H,1H3,(H2,10,11,12,13). The van der Waals surface area contributed by atoms with Crippen molar-refractivity contribution >= 4 is 28.5 Å². The van der Waals surface area contributed by atoms with Crippen molar-refractivity contribution in [2.75, 3.05) is 5.73 Å². The third kappa shape index (κ3) is 1.29. The smallest absolute Gasteiger partial charge is 0.166 e. The molecule has 66 valence electrons. The zero-order valence-corrected chi connectivity index (χ0v) is 7.71. The number of aromatic nitrogens is 3. The SMILES string of the molecule is Cc1nc(N)c2c(Cl)ccnc2n1. The van der Waals surface area contributed by atoms with Gasteiger partial charge in [-0.05, 0) is 13.0 Å². The van der Waals surface area contributed by atoms with E-state index in [0.717, 1.165) is 0 Å². The molecular weight excluding hydrogens is 188 g/mol. The Kier molecular flexibility index (Phi) is 1.77. The topological polar surface area (TPSA) is 64.7 Å². The first-order valence-electron chi connectivity index (χ1n) is 3.73. The van der Waals surface area contributed by atoms with Crippen LogP contribution < -0.4 is 5.73 Å². The van der Waals surface area contributed by atoms with E-state index < -0.39 is 0 Å². The van der Waals surface area contributed by atoms with Crippen molar-refractivity contribution in [1.82, 2.24) is 15.0 Å². The van der Waals surface area contributed by atoms with Gasteiger partial charge in [0.2, 0.25) is 0 Å². The van der Waals surface area contributed by atoms with Crippen LogP contribution >= 0.6 is 11.6 Å². The summed E-state index contributed by atoms with van der Waals surface area (Å²) in [5, 5.41) is 1.15. The van der Waals surface area contributed by atoms with Crippen molar-refractivity contribution < 1.29 is 0 Å². The molecule has 0 unspecified atom stereocenters. The zero-order valence-electron chi connectivity index (χ0n) is 6.95. The Morgan fingerprint density at radius 2 is 2.15 bits per heavy atom. The predicted octanol–water partition coefficient (Wildman–Crippen LogP) is 1.57. The number of fused-ring (bicyclic) bond motifs is 1. The maximum absolute atomic E-state index is 5.91. The molecule has 0 aliphatic carbocycles. The van der Waals surface area contributed by atoms with Crippen LogP contribution in [0.4, 0.5) is 5.82 Å². The summed E-state index contributed by atoms with van der Waals surface area (Å²) < 4.78 is 0. The molecule has 0 saturated heterocycles. The lowest BCUT2D eigenvalue weighted by atomic mass is 10.3. The van der Waals surface area contributed by atoms with Crippen molar-refractivity contribution in [3.8, 4) is 0 Å². The van der Waals surface area contributed by atoms with Crippen molar-refractivity contribution in [2.45, 2.75) is 6.92 Å². The summed E-state index contributed by atoms with van der Waals surface area (Å²) >= 11 is 5.91. The van der Waals surface area contributed by atoms with Gasteiger partial charge in [-0.15, -0.1) is 0 Å². The minimum atomic E-state index is 0.376. The number of aryl methyl sites for hydroxylation is 1. The summed E-state index contributed by atoms with van der Waals surface area (Å²) in [4.78, 5) is 12.2. The molecule has 5 heteroatoms. The van der Waals surface area contributed by atoms with Gasteiger partial charge < -0.3 is 5.73 Å². The average Bonchev–Trinajstić information content (AvgIpc) is 2.02. The quantitative estimate of drug-likeness (QED) is 0.692. The molecule has 4 nitrogen and oxygen atoms in total. The average molecular weight is 195 g/mol. The highest BCUT2D eigenvalue weighted by Crippen LogP contribution is 2.24. The molecule has 2 N–H and O–H groups in total. The molecule has 2 aromatic rings. The van der Waals surface area contributed by atoms with E-state index in [0.29, 0.717) is 27.7 Å². The van der Waals surface area contributed by atoms with Gasteiger partial charge in [-0.3, -0.25) is 0 Å². The van der Waals surface area contributed by atoms with Crippen LogP contribution in [0.5, 0.6) is 0 Å². The third-order valence-corrected chi connectivity index (χ3v) is 2.00. The molecule has 0 atom stereocenters. The number of hydrogen-bond acceptors (Lipinski definition) is 4. The molecule has 2 heterocycles. The van der Waals surface area contributed by atoms with E-state index >= 15 is 0 Å². The first kappa shape index (κ1) is 8.19. The van der Waals surface area contributed by atoms with E-state index in [1.54, 1.807) is 19.2 Å². The van der Waals surface area contributed by atoms with Gasteiger partial charge in [0.1, 0.15) is 11.6 Å². The van der Waals surface area contributed by atoms with Gasteiger partial charge in [0.25, 0.3) is 0 Å². The fourth-order valence-electron chi connectivity index (χ4n) is 1.16. The van der Waals surface area contributed by atoms with Crippen molar-refractivity contribution in [3.05, 3.63) is 23.1 Å². The molecule has 0 aliphatic heterocycles. The van der Waals surface area contributed by atoms with Crippen LogP contribution in [0.15, 0.2) is 12.3 Å². The van der Waals surface area contributed by atoms with E-state index in [2.05, 4.69) is 15.0 Å². The normalized spacial score (nSPS) is 10.6. The Bertz CT molecular complexity index is 469. The van der Waals surface area contributed by atoms with E-state index in [9.17, 15) is 0 Å². The summed E-state index contributed by atoms with van der Waals surface area (Å²) in [5.41, 5.74) is 6.22. The van der Waals surface area contributed by atoms with Crippen LogP contribution in [0.2, 0.25) is 5.02 Å². The number of nitrogens with two attached hydrogens (primary N) is 1. The van der Waals surface area contributed by atoms with Gasteiger partial charge in [0.15, 0.2) is 5.65 Å². The van der Waals surface area contributed by atoms with Gasteiger partial charge in [-0.2, -0.15) is 0 Å². The number of nitrogen functional groups attached to an aromatic ring is 1. The van der Waals surface area contributed by atoms with Crippen molar-refractivity contribution in [1.29, 1.82) is 0 Å². The molecule has 2 aromatic heterocycles. The van der Waals surface area contributed by atoms with Crippen molar-refractivity contribution in [2.24, 2.45) is 0 Å². The predicted molar refractivity (Wildman–Crippen MR) is 51.5 cm³/mol. The number of hydrogen-bond donors (Lipinski definition) is 1. The van der Waals surface area contributed by atoms with Gasteiger partial charge in [0, 0.05) is 6.20 Å². The van der Waals surface area contributed by atoms with Crippen molar-refractivity contribution in [3.63, 3.8) is 0 Å². The lowest BCUT2D eigenvalue weighted by molar-refractivity contribution is 1.08. The minimum Gasteiger partial charge on any atom is -0.383 e. The molecule has 0 amide bonds. The summed E-state index contributed by atoms with van der Waals surface area (Å²) in [6.45, 7) is 1.76. The Morgan fingerprint density at radius 1 is 1.38 bits per heavy atom. The molecule has 0 saturated carbocycles. The molecule has 2 rings (SSSR count). The highest BCUT2D eigenvalue weighted by Gasteiger charge is 2.06. The fourth-order valence-corrected chi connectivity index (χ4v) is 1.40. The molecular formula is C8H7ClN4. The van der Waals surface area contributed by atoms with Gasteiger partial charge >= 0.3 is 0 Å². The van der Waals surface area contributed by atoms with Gasteiger partial charge in [-0.25, -0.2) is 15.0 Å². The van der Waals surface area contributed by atoms with E-state index in [1.807, 2.05) is 0 Å². The van der Waals surface area contributed by atoms with Crippen LogP contribution in [-0.2, 0) is 0 Å². The second kappa shape index (κ2) is 2.81. The monoisotopic (exact) mass is 194 g/mol. The molecule has 0 spiro atoms. The summed E-state index contributed by atoms with van der Waals surface area (Å²) in [5.74, 6) is 0.973. The minimum absolute atomic E-state index is 0.376. The Labute approximate surface area is 79.8 Å². The second-order valence-electron chi connectivity index (χ2n) is 2.65. The summed E-state index contributed by atoms with van der Waals surface area (Å²) in [6, 6.07) is 1.67. The Hall–Kier alpha value is -1.42. The zero-order chi connectivity index (χ0) is 9.42. The lowest BCUT2D eigenvalue weighted by Gasteiger charge is -2.02. The molecule has 13 heavy (non-hydrogen) atoms. The highest BCUT2D eigenvalue weighted by atomic mass is 35.5. The summed E-state index contributed by atoms with van der Waals surface area (Å²) in [6.07, 6.45) is 1.59. The molecule has 0 radical (unpaired) electrons. The maximum atomic E-state index is 5.91. The lowest BCUT2D eigenvalue weighted by Crippen LogP contribution is -1.98. The Morgan fingerprint density at radius 3 is 2.92 bits per heavy atom. The number of halogens is 1. The van der Waals surface area contributed by atoms with Gasteiger partial charge in [-0.1, -0.05) is 11.6 Å². The summed E-state index contributed by atoms with van der Waals surface area (Å²) in [7, 11) is 0. The molecule has 0 bridgehead atoms. The van der Waals surface area contributed by atoms with Crippen LogP contribution in [0.3, 0.4) is 0 Å². The first-order chi connectivity index (χ1) is 6.18. The highest BCUT2D eigenvalue weighted by molar-refractivity contribution is 6.36. The van der Waals surface area contributed by atoms with E-state index in [-0.39, 0.29) is 0 Å². The second-order valence-corrected chi connectivity index (χ2v) is 3.05. The third-order valence-electron chi connectivity index (χ3n) is 1.69. The number of rotatable bonds is 0. The van der Waals surface area contributed by atoms with E-state index in [1.165, 1.54) is 0 Å². The first-order valence-corrected chi connectivity index (χ1v) is 4.10. The Balaban J connectivity index is 2.94. The van der Waals surface area contributed by atoms with Gasteiger partial charge in [0.05, 0.1) is 10.4 Å². The largest absolute Gasteiger partial charge is 0.383 e. The van der Waals surface area contributed by atoms with Crippen LogP contribution in [-0.4, -0.2) is 15.0 Å². The van der Waals surface area contributed by atoms with Crippen LogP contribution in [0.1, 0.15) is 5.82 Å². The maximum Gasteiger partial charge on any atom is 0.166 e. The number of pyridine rings is 1. The molecule has 0 fully saturated rings. The van der Waals surface area contributed by atoms with Crippen LogP contribution in [0, 0.1) is 6.92 Å². The van der Waals surface area contributed by atoms with E-state index in [4.69, 9.17) is 17.3 Å². The number of anilines is 1. The molecule has 0 aromatic carbocycles.